The molecule has 108 valence electrons. The Morgan fingerprint density at radius 2 is 2.00 bits per heavy atom. The second-order valence-corrected chi connectivity index (χ2v) is 7.29. The molecule has 19 heavy (non-hydrogen) atoms. The van der Waals surface area contributed by atoms with E-state index in [4.69, 9.17) is 5.73 Å². The molecule has 0 saturated heterocycles. The predicted octanol–water partition coefficient (Wildman–Crippen LogP) is 1.87. The molecule has 0 saturated carbocycles. The number of sulfonamides is 1. The van der Waals surface area contributed by atoms with Crippen molar-refractivity contribution in [1.29, 1.82) is 0 Å². The largest absolute Gasteiger partial charge is 0.330 e. The Hall–Kier alpha value is -0.980. The first-order valence-corrected chi connectivity index (χ1v) is 7.63. The van der Waals surface area contributed by atoms with Crippen LogP contribution in [0, 0.1) is 11.2 Å². The topological polar surface area (TPSA) is 72.2 Å². The van der Waals surface area contributed by atoms with Gasteiger partial charge in [-0.2, -0.15) is 0 Å². The molecule has 0 spiro atoms. The summed E-state index contributed by atoms with van der Waals surface area (Å²) in [6, 6.07) is 4.66. The Balaban J connectivity index is 3.01. The zero-order valence-corrected chi connectivity index (χ0v) is 12.3. The Bertz CT molecular complexity index is 524. The molecule has 0 heterocycles. The fraction of sp³-hybridized carbons (Fsp3) is 0.538. The van der Waals surface area contributed by atoms with Crippen molar-refractivity contribution in [2.75, 3.05) is 6.54 Å². The van der Waals surface area contributed by atoms with Crippen LogP contribution in [0.2, 0.25) is 0 Å². The molecule has 0 aliphatic heterocycles. The first-order chi connectivity index (χ1) is 8.66. The minimum atomic E-state index is -3.73. The second kappa shape index (κ2) is 5.98. The lowest BCUT2D eigenvalue weighted by atomic mass is 9.85. The monoisotopic (exact) mass is 288 g/mol. The van der Waals surface area contributed by atoms with E-state index in [1.807, 2.05) is 20.8 Å². The van der Waals surface area contributed by atoms with Crippen molar-refractivity contribution >= 4 is 10.0 Å². The number of halogens is 1. The summed E-state index contributed by atoms with van der Waals surface area (Å²) in [4.78, 5) is -0.0706. The van der Waals surface area contributed by atoms with Gasteiger partial charge in [0.15, 0.2) is 0 Å². The van der Waals surface area contributed by atoms with Crippen LogP contribution in [0.4, 0.5) is 4.39 Å². The molecular formula is C13H21FN2O2S. The maximum atomic E-state index is 13.1. The third-order valence-corrected chi connectivity index (χ3v) is 4.37. The van der Waals surface area contributed by atoms with Gasteiger partial charge in [0.05, 0.1) is 4.90 Å². The molecule has 6 heteroatoms. The minimum Gasteiger partial charge on any atom is -0.330 e. The number of hydrogen-bond acceptors (Lipinski definition) is 3. The SMILES string of the molecule is CC(C)(C)C(CCN)NS(=O)(=O)c1cccc(F)c1. The highest BCUT2D eigenvalue weighted by Crippen LogP contribution is 2.23. The molecule has 1 atom stereocenters. The molecule has 1 aromatic carbocycles. The molecule has 4 nitrogen and oxygen atoms in total. The Labute approximate surface area is 114 Å². The van der Waals surface area contributed by atoms with Gasteiger partial charge < -0.3 is 5.73 Å². The summed E-state index contributed by atoms with van der Waals surface area (Å²) in [7, 11) is -3.73. The smallest absolute Gasteiger partial charge is 0.240 e. The van der Waals surface area contributed by atoms with Crippen LogP contribution in [0.1, 0.15) is 27.2 Å². The van der Waals surface area contributed by atoms with Crippen molar-refractivity contribution in [3.05, 3.63) is 30.1 Å². The van der Waals surface area contributed by atoms with Gasteiger partial charge in [-0.1, -0.05) is 26.8 Å². The van der Waals surface area contributed by atoms with E-state index in [1.54, 1.807) is 0 Å². The number of nitrogens with one attached hydrogen (secondary N) is 1. The van der Waals surface area contributed by atoms with Crippen LogP contribution in [0.5, 0.6) is 0 Å². The molecule has 0 radical (unpaired) electrons. The molecule has 0 amide bonds. The summed E-state index contributed by atoms with van der Waals surface area (Å²) < 4.78 is 40.1. The molecule has 0 aliphatic rings. The van der Waals surface area contributed by atoms with Crippen molar-refractivity contribution in [2.24, 2.45) is 11.1 Å². The van der Waals surface area contributed by atoms with Crippen LogP contribution in [-0.2, 0) is 10.0 Å². The van der Waals surface area contributed by atoms with E-state index in [2.05, 4.69) is 4.72 Å². The normalized spacial score (nSPS) is 14.4. The van der Waals surface area contributed by atoms with Crippen molar-refractivity contribution in [3.63, 3.8) is 0 Å². The van der Waals surface area contributed by atoms with Crippen LogP contribution in [0.15, 0.2) is 29.2 Å². The van der Waals surface area contributed by atoms with Crippen molar-refractivity contribution in [3.8, 4) is 0 Å². The number of benzene rings is 1. The lowest BCUT2D eigenvalue weighted by Crippen LogP contribution is -2.44. The van der Waals surface area contributed by atoms with Gasteiger partial charge in [0.2, 0.25) is 10.0 Å². The molecule has 0 aliphatic carbocycles. The lowest BCUT2D eigenvalue weighted by Gasteiger charge is -2.31. The van der Waals surface area contributed by atoms with Crippen molar-refractivity contribution in [2.45, 2.75) is 38.1 Å². The van der Waals surface area contributed by atoms with Crippen LogP contribution in [0.3, 0.4) is 0 Å². The molecule has 1 aromatic rings. The van der Waals surface area contributed by atoms with Gasteiger partial charge in [-0.05, 0) is 36.6 Å². The highest BCUT2D eigenvalue weighted by atomic mass is 32.2. The molecule has 1 rings (SSSR count). The molecule has 0 fully saturated rings. The van der Waals surface area contributed by atoms with Gasteiger partial charge in [-0.25, -0.2) is 17.5 Å². The van der Waals surface area contributed by atoms with E-state index in [9.17, 15) is 12.8 Å². The number of nitrogens with two attached hydrogens (primary N) is 1. The van der Waals surface area contributed by atoms with E-state index in [1.165, 1.54) is 18.2 Å². The lowest BCUT2D eigenvalue weighted by molar-refractivity contribution is 0.287. The zero-order valence-electron chi connectivity index (χ0n) is 11.5. The molecule has 0 bridgehead atoms. The standard InChI is InChI=1S/C13H21FN2O2S/c1-13(2,3)12(7-8-15)16-19(17,18)11-6-4-5-10(14)9-11/h4-6,9,12,16H,7-8,15H2,1-3H3. The average Bonchev–Trinajstić information content (AvgIpc) is 2.27. The Kier molecular flexibility index (Phi) is 5.06. The zero-order chi connectivity index (χ0) is 14.7. The van der Waals surface area contributed by atoms with Gasteiger partial charge in [-0.15, -0.1) is 0 Å². The van der Waals surface area contributed by atoms with E-state index < -0.39 is 15.8 Å². The second-order valence-electron chi connectivity index (χ2n) is 5.57. The van der Waals surface area contributed by atoms with Crippen LogP contribution in [0.25, 0.3) is 0 Å². The summed E-state index contributed by atoms with van der Waals surface area (Å²) in [5, 5.41) is 0. The number of rotatable bonds is 5. The van der Waals surface area contributed by atoms with Crippen molar-refractivity contribution in [1.82, 2.24) is 4.72 Å². The maximum Gasteiger partial charge on any atom is 0.240 e. The van der Waals surface area contributed by atoms with E-state index in [0.29, 0.717) is 13.0 Å². The Morgan fingerprint density at radius 1 is 1.37 bits per heavy atom. The fourth-order valence-electron chi connectivity index (χ4n) is 1.72. The summed E-state index contributed by atoms with van der Waals surface area (Å²) >= 11 is 0. The van der Waals surface area contributed by atoms with Gasteiger partial charge in [0, 0.05) is 6.04 Å². The van der Waals surface area contributed by atoms with Gasteiger partial charge in [0.1, 0.15) is 5.82 Å². The molecule has 1 unspecified atom stereocenters. The van der Waals surface area contributed by atoms with Crippen LogP contribution in [-0.4, -0.2) is 21.0 Å². The van der Waals surface area contributed by atoms with Crippen molar-refractivity contribution < 1.29 is 12.8 Å². The summed E-state index contributed by atoms with van der Waals surface area (Å²) in [6.45, 7) is 6.18. The van der Waals surface area contributed by atoms with E-state index in [0.717, 1.165) is 6.07 Å². The third-order valence-electron chi connectivity index (χ3n) is 2.90. The fourth-order valence-corrected chi connectivity index (χ4v) is 3.23. The van der Waals surface area contributed by atoms with Gasteiger partial charge in [0.25, 0.3) is 0 Å². The minimum absolute atomic E-state index is 0.0706. The van der Waals surface area contributed by atoms with Gasteiger partial charge in [-0.3, -0.25) is 0 Å². The summed E-state index contributed by atoms with van der Waals surface area (Å²) in [5.41, 5.74) is 5.25. The van der Waals surface area contributed by atoms with Gasteiger partial charge >= 0.3 is 0 Å². The highest BCUT2D eigenvalue weighted by Gasteiger charge is 2.29. The predicted molar refractivity (Wildman–Crippen MR) is 73.6 cm³/mol. The quantitative estimate of drug-likeness (QED) is 0.868. The summed E-state index contributed by atoms with van der Waals surface area (Å²) in [6.07, 6.45) is 0.526. The first kappa shape index (κ1) is 16.1. The van der Waals surface area contributed by atoms with E-state index >= 15 is 0 Å². The average molecular weight is 288 g/mol. The molecule has 0 aromatic heterocycles. The Morgan fingerprint density at radius 3 is 2.47 bits per heavy atom. The van der Waals surface area contributed by atoms with E-state index in [-0.39, 0.29) is 16.4 Å². The maximum absolute atomic E-state index is 13.1. The van der Waals surface area contributed by atoms with Crippen LogP contribution < -0.4 is 10.5 Å². The summed E-state index contributed by atoms with van der Waals surface area (Å²) in [5.74, 6) is -0.575. The molecular weight excluding hydrogens is 267 g/mol. The first-order valence-electron chi connectivity index (χ1n) is 6.15. The van der Waals surface area contributed by atoms with Crippen LogP contribution >= 0.6 is 0 Å². The third kappa shape index (κ3) is 4.56. The molecule has 3 N–H and O–H groups in total. The highest BCUT2D eigenvalue weighted by molar-refractivity contribution is 7.89. The number of hydrogen-bond donors (Lipinski definition) is 2.